The number of rotatable bonds is 10. The number of aryl methyl sites for hydroxylation is 2. The van der Waals surface area contributed by atoms with Crippen molar-refractivity contribution >= 4 is 11.8 Å². The van der Waals surface area contributed by atoms with Crippen LogP contribution in [0.4, 0.5) is 10.2 Å². The highest BCUT2D eigenvalue weighted by molar-refractivity contribution is 5.71. The molecule has 0 saturated carbocycles. The highest BCUT2D eigenvalue weighted by Gasteiger charge is 2.39. The molecule has 8 heteroatoms. The minimum atomic E-state index is -1.27. The van der Waals surface area contributed by atoms with Crippen LogP contribution in [0.5, 0.6) is 5.75 Å². The van der Waals surface area contributed by atoms with Crippen LogP contribution in [0.3, 0.4) is 0 Å². The standard InChI is InChI=1S/C33H46FN3O4/c1-32(2,3)41-30(38)21-26(25-6-4-8-29(20-25)40-28-12-18-39-19-13-28)22-37-17-15-33(34,23-37)14-11-27-10-9-24-7-5-16-35-31(24)36-27/h4,6,8-10,20,26,28H,5,7,11-19,21-23H2,1-3H3,(H,35,36)/t26-,33+/m1/s1. The molecule has 0 radical (unpaired) electrons. The molecule has 2 aromatic rings. The maximum atomic E-state index is 16.0. The monoisotopic (exact) mass is 567 g/mol. The Kier molecular flexibility index (Phi) is 9.49. The molecule has 5 rings (SSSR count). The van der Waals surface area contributed by atoms with Crippen LogP contribution in [-0.2, 0) is 27.1 Å². The fourth-order valence-corrected chi connectivity index (χ4v) is 6.15. The number of pyridine rings is 1. The third kappa shape index (κ3) is 8.65. The van der Waals surface area contributed by atoms with Gasteiger partial charge in [0, 0.05) is 50.6 Å². The lowest BCUT2D eigenvalue weighted by atomic mass is 9.94. The molecule has 3 aliphatic heterocycles. The summed E-state index contributed by atoms with van der Waals surface area (Å²) in [4.78, 5) is 19.9. The van der Waals surface area contributed by atoms with E-state index in [0.717, 1.165) is 55.1 Å². The first kappa shape index (κ1) is 29.8. The van der Waals surface area contributed by atoms with Crippen LogP contribution in [0, 0.1) is 0 Å². The van der Waals surface area contributed by atoms with E-state index in [0.29, 0.717) is 52.1 Å². The predicted molar refractivity (Wildman–Crippen MR) is 158 cm³/mol. The number of benzene rings is 1. The summed E-state index contributed by atoms with van der Waals surface area (Å²) in [5.74, 6) is 1.40. The molecule has 7 nitrogen and oxygen atoms in total. The molecular weight excluding hydrogens is 521 g/mol. The zero-order valence-electron chi connectivity index (χ0n) is 24.9. The van der Waals surface area contributed by atoms with Gasteiger partial charge < -0.3 is 19.5 Å². The minimum Gasteiger partial charge on any atom is -0.490 e. The van der Waals surface area contributed by atoms with Gasteiger partial charge >= 0.3 is 5.97 Å². The number of halogens is 1. The molecule has 224 valence electrons. The molecule has 1 aromatic carbocycles. The van der Waals surface area contributed by atoms with Crippen molar-refractivity contribution in [3.63, 3.8) is 0 Å². The Labute approximate surface area is 244 Å². The molecule has 0 amide bonds. The number of anilines is 1. The number of nitrogens with one attached hydrogen (secondary N) is 1. The number of carbonyl (C=O) groups excluding carboxylic acids is 1. The number of esters is 1. The quantitative estimate of drug-likeness (QED) is 0.361. The first-order chi connectivity index (χ1) is 19.6. The average molecular weight is 568 g/mol. The van der Waals surface area contributed by atoms with E-state index in [1.54, 1.807) is 0 Å². The second-order valence-electron chi connectivity index (χ2n) is 13.0. The van der Waals surface area contributed by atoms with Crippen LogP contribution in [0.15, 0.2) is 36.4 Å². The highest BCUT2D eigenvalue weighted by Crippen LogP contribution is 2.34. The van der Waals surface area contributed by atoms with Gasteiger partial charge in [0.05, 0.1) is 19.6 Å². The molecule has 2 atom stereocenters. The Morgan fingerprint density at radius 1 is 1.24 bits per heavy atom. The summed E-state index contributed by atoms with van der Waals surface area (Å²) in [5.41, 5.74) is 1.38. The summed E-state index contributed by atoms with van der Waals surface area (Å²) in [6.45, 7) is 9.64. The summed E-state index contributed by atoms with van der Waals surface area (Å²) >= 11 is 0. The summed E-state index contributed by atoms with van der Waals surface area (Å²) in [5, 5.41) is 3.38. The maximum absolute atomic E-state index is 16.0. The number of carbonyl (C=O) groups is 1. The number of likely N-dealkylation sites (tertiary alicyclic amines) is 1. The second-order valence-corrected chi connectivity index (χ2v) is 13.0. The molecule has 41 heavy (non-hydrogen) atoms. The Balaban J connectivity index is 1.23. The third-order valence-electron chi connectivity index (χ3n) is 8.28. The van der Waals surface area contributed by atoms with E-state index in [4.69, 9.17) is 19.2 Å². The second kappa shape index (κ2) is 13.1. The average Bonchev–Trinajstić information content (AvgIpc) is 3.31. The SMILES string of the molecule is CC(C)(C)OC(=O)C[C@H](CN1CC[C@@](F)(CCc2ccc3c(n2)NCCC3)C1)c1cccc(OC2CCOCC2)c1. The van der Waals surface area contributed by atoms with Gasteiger partial charge in [-0.3, -0.25) is 9.69 Å². The van der Waals surface area contributed by atoms with Gasteiger partial charge in [0.25, 0.3) is 0 Å². The largest absolute Gasteiger partial charge is 0.490 e. The van der Waals surface area contributed by atoms with Crippen molar-refractivity contribution < 1.29 is 23.4 Å². The zero-order chi connectivity index (χ0) is 28.9. The molecule has 3 aliphatic rings. The van der Waals surface area contributed by atoms with Crippen LogP contribution < -0.4 is 10.1 Å². The van der Waals surface area contributed by atoms with Crippen LogP contribution in [-0.4, -0.2) is 72.6 Å². The molecular formula is C33H46FN3O4. The molecule has 0 unspecified atom stereocenters. The molecule has 2 fully saturated rings. The molecule has 1 N–H and O–H groups in total. The molecule has 2 saturated heterocycles. The predicted octanol–water partition coefficient (Wildman–Crippen LogP) is 5.86. The van der Waals surface area contributed by atoms with Gasteiger partial charge in [-0.05, 0) is 82.2 Å². The van der Waals surface area contributed by atoms with E-state index in [2.05, 4.69) is 16.3 Å². The number of aromatic nitrogens is 1. The van der Waals surface area contributed by atoms with Crippen molar-refractivity contribution in [2.45, 2.75) is 95.4 Å². The van der Waals surface area contributed by atoms with Crippen LogP contribution in [0.2, 0.25) is 0 Å². The maximum Gasteiger partial charge on any atom is 0.306 e. The number of nitrogens with zero attached hydrogens (tertiary/aromatic N) is 2. The number of ether oxygens (including phenoxy) is 3. The van der Waals surface area contributed by atoms with E-state index in [-0.39, 0.29) is 24.4 Å². The lowest BCUT2D eigenvalue weighted by Gasteiger charge is -2.28. The van der Waals surface area contributed by atoms with Crippen molar-refractivity contribution in [2.75, 3.05) is 44.7 Å². The summed E-state index contributed by atoms with van der Waals surface area (Å²) in [6, 6.07) is 12.2. The summed E-state index contributed by atoms with van der Waals surface area (Å²) in [7, 11) is 0. The fourth-order valence-electron chi connectivity index (χ4n) is 6.15. The van der Waals surface area contributed by atoms with Gasteiger partial charge in [-0.1, -0.05) is 18.2 Å². The first-order valence-corrected chi connectivity index (χ1v) is 15.3. The van der Waals surface area contributed by atoms with Gasteiger partial charge in [-0.15, -0.1) is 0 Å². The Hall–Kier alpha value is -2.71. The molecule has 1 aromatic heterocycles. The van der Waals surface area contributed by atoms with E-state index in [9.17, 15) is 4.79 Å². The van der Waals surface area contributed by atoms with Crippen LogP contribution in [0.1, 0.15) is 82.0 Å². The summed E-state index contributed by atoms with van der Waals surface area (Å²) in [6.07, 6.45) is 5.83. The van der Waals surface area contributed by atoms with Gasteiger partial charge in [0.1, 0.15) is 28.9 Å². The van der Waals surface area contributed by atoms with Crippen molar-refractivity contribution in [3.05, 3.63) is 53.2 Å². The Morgan fingerprint density at radius 3 is 2.88 bits per heavy atom. The summed E-state index contributed by atoms with van der Waals surface area (Å²) < 4.78 is 33.5. The van der Waals surface area contributed by atoms with Gasteiger partial charge in [-0.2, -0.15) is 0 Å². The molecule has 0 spiro atoms. The third-order valence-corrected chi connectivity index (χ3v) is 8.28. The Bertz CT molecular complexity index is 1180. The van der Waals surface area contributed by atoms with Crippen LogP contribution >= 0.6 is 0 Å². The lowest BCUT2D eigenvalue weighted by molar-refractivity contribution is -0.155. The number of hydrogen-bond donors (Lipinski definition) is 1. The van der Waals surface area contributed by atoms with Crippen LogP contribution in [0.25, 0.3) is 0 Å². The smallest absolute Gasteiger partial charge is 0.306 e. The normalized spacial score (nSPS) is 22.5. The number of alkyl halides is 1. The fraction of sp³-hybridized carbons (Fsp3) is 0.636. The lowest BCUT2D eigenvalue weighted by Crippen LogP contribution is -2.33. The van der Waals surface area contributed by atoms with Gasteiger partial charge in [0.2, 0.25) is 0 Å². The highest BCUT2D eigenvalue weighted by atomic mass is 19.1. The number of fused-ring (bicyclic) bond motifs is 1. The van der Waals surface area contributed by atoms with E-state index in [1.807, 2.05) is 51.1 Å². The van der Waals surface area contributed by atoms with E-state index in [1.165, 1.54) is 5.56 Å². The van der Waals surface area contributed by atoms with Gasteiger partial charge in [0.15, 0.2) is 0 Å². The van der Waals surface area contributed by atoms with E-state index >= 15 is 4.39 Å². The topological polar surface area (TPSA) is 72.9 Å². The van der Waals surface area contributed by atoms with Crippen molar-refractivity contribution in [3.8, 4) is 5.75 Å². The molecule has 4 heterocycles. The molecule has 0 aliphatic carbocycles. The van der Waals surface area contributed by atoms with Crippen molar-refractivity contribution in [1.82, 2.24) is 9.88 Å². The molecule has 0 bridgehead atoms. The van der Waals surface area contributed by atoms with Crippen molar-refractivity contribution in [1.29, 1.82) is 0 Å². The van der Waals surface area contributed by atoms with E-state index < -0.39 is 11.3 Å². The number of hydrogen-bond acceptors (Lipinski definition) is 7. The zero-order valence-corrected chi connectivity index (χ0v) is 24.9. The minimum absolute atomic E-state index is 0.126. The Morgan fingerprint density at radius 2 is 2.07 bits per heavy atom. The first-order valence-electron chi connectivity index (χ1n) is 15.3. The van der Waals surface area contributed by atoms with Crippen molar-refractivity contribution in [2.24, 2.45) is 0 Å². The van der Waals surface area contributed by atoms with Gasteiger partial charge in [-0.25, -0.2) is 9.37 Å².